The van der Waals surface area contributed by atoms with Crippen LogP contribution < -0.4 is 0 Å². The maximum absolute atomic E-state index is 10.2. The van der Waals surface area contributed by atoms with E-state index in [0.29, 0.717) is 4.88 Å². The summed E-state index contributed by atoms with van der Waals surface area (Å²) in [4.78, 5) is 14.3. The van der Waals surface area contributed by atoms with Gasteiger partial charge in [-0.2, -0.15) is 0 Å². The highest BCUT2D eigenvalue weighted by molar-refractivity contribution is 7.13. The first-order valence-electron chi connectivity index (χ1n) is 2.36. The molecule has 0 radical (unpaired) electrons. The van der Waals surface area contributed by atoms with Gasteiger partial charge in [-0.05, 0) is 6.92 Å². The van der Waals surface area contributed by atoms with Gasteiger partial charge in [0.15, 0.2) is 0 Å². The molecule has 64 valence electrons. The molecule has 0 unspecified atom stereocenters. The predicted molar refractivity (Wildman–Crippen MR) is 48.3 cm³/mol. The van der Waals surface area contributed by atoms with Crippen molar-refractivity contribution < 1.29 is 9.90 Å². The van der Waals surface area contributed by atoms with Crippen molar-refractivity contribution in [2.45, 2.75) is 6.92 Å². The summed E-state index contributed by atoms with van der Waals surface area (Å²) in [6.45, 7) is 1.77. The van der Waals surface area contributed by atoms with Gasteiger partial charge in [-0.25, -0.2) is 9.78 Å². The number of thiazole rings is 1. The number of carbonyl (C=O) groups is 1. The smallest absolute Gasteiger partial charge is 0.347 e. The summed E-state index contributed by atoms with van der Waals surface area (Å²) in [5, 5.41) is 9.15. The molecule has 0 amide bonds. The van der Waals surface area contributed by atoms with Crippen molar-refractivity contribution in [1.82, 2.24) is 4.98 Å². The fraction of sp³-hybridized carbons (Fsp3) is 0.200. The minimum atomic E-state index is -0.902. The van der Waals surface area contributed by atoms with Crippen molar-refractivity contribution in [2.75, 3.05) is 0 Å². The average Bonchev–Trinajstić information content (AvgIpc) is 2.14. The van der Waals surface area contributed by atoms with Crippen molar-refractivity contribution >= 4 is 42.1 Å². The molecular weight excluding hydrogens is 209 g/mol. The van der Waals surface area contributed by atoms with Crippen LogP contribution in [0.25, 0.3) is 0 Å². The monoisotopic (exact) mass is 215 g/mol. The topological polar surface area (TPSA) is 50.2 Å². The minimum Gasteiger partial charge on any atom is -0.477 e. The first-order valence-corrected chi connectivity index (χ1v) is 3.17. The van der Waals surface area contributed by atoms with Crippen LogP contribution in [-0.4, -0.2) is 16.1 Å². The van der Waals surface area contributed by atoms with Gasteiger partial charge in [0.05, 0.1) is 11.2 Å². The molecule has 3 nitrogen and oxygen atoms in total. The van der Waals surface area contributed by atoms with E-state index in [1.165, 1.54) is 17.5 Å². The Hall–Kier alpha value is -0.320. The van der Waals surface area contributed by atoms with E-state index in [9.17, 15) is 4.79 Å². The van der Waals surface area contributed by atoms with Gasteiger partial charge in [-0.3, -0.25) is 0 Å². The number of halogens is 2. The van der Waals surface area contributed by atoms with Crippen molar-refractivity contribution in [3.63, 3.8) is 0 Å². The van der Waals surface area contributed by atoms with Gasteiger partial charge in [0, 0.05) is 0 Å². The lowest BCUT2D eigenvalue weighted by atomic mass is 10.6. The van der Waals surface area contributed by atoms with Crippen molar-refractivity contribution in [1.29, 1.82) is 0 Å². The highest BCUT2D eigenvalue weighted by Crippen LogP contribution is 2.10. The lowest BCUT2D eigenvalue weighted by molar-refractivity contribution is 0.0702. The molecule has 6 heteroatoms. The molecule has 1 aromatic heterocycles. The van der Waals surface area contributed by atoms with Crippen molar-refractivity contribution in [2.24, 2.45) is 0 Å². The number of aromatic nitrogens is 1. The van der Waals surface area contributed by atoms with Crippen LogP contribution in [0.3, 0.4) is 0 Å². The fourth-order valence-corrected chi connectivity index (χ4v) is 1.08. The predicted octanol–water partition coefficient (Wildman–Crippen LogP) is 1.99. The lowest BCUT2D eigenvalue weighted by Crippen LogP contribution is -1.89. The van der Waals surface area contributed by atoms with E-state index in [1.54, 1.807) is 6.92 Å². The normalized spacial score (nSPS) is 7.73. The summed E-state index contributed by atoms with van der Waals surface area (Å²) >= 11 is 1.19. The fourth-order valence-electron chi connectivity index (χ4n) is 0.460. The standard InChI is InChI=1S/C5H5NO2S.2ClH/c1-3-6-2-4(9-3)5(7)8;;/h2H,1H3,(H,7,8);2*1H. The zero-order chi connectivity index (χ0) is 6.85. The van der Waals surface area contributed by atoms with E-state index in [0.717, 1.165) is 5.01 Å². The zero-order valence-corrected chi connectivity index (χ0v) is 8.05. The van der Waals surface area contributed by atoms with Gasteiger partial charge in [0.25, 0.3) is 0 Å². The Kier molecular flexibility index (Phi) is 6.46. The van der Waals surface area contributed by atoms with Crippen LogP contribution in [0.2, 0.25) is 0 Å². The number of hydrogen-bond donors (Lipinski definition) is 1. The molecule has 1 rings (SSSR count). The van der Waals surface area contributed by atoms with E-state index >= 15 is 0 Å². The Balaban J connectivity index is 0. The van der Waals surface area contributed by atoms with Crippen LogP contribution in [0, 0.1) is 6.92 Å². The molecule has 0 fully saturated rings. The molecule has 0 saturated heterocycles. The zero-order valence-electron chi connectivity index (χ0n) is 5.60. The Morgan fingerprint density at radius 3 is 2.36 bits per heavy atom. The molecule has 1 aromatic rings. The quantitative estimate of drug-likeness (QED) is 0.780. The van der Waals surface area contributed by atoms with Crippen molar-refractivity contribution in [3.8, 4) is 0 Å². The Morgan fingerprint density at radius 2 is 2.18 bits per heavy atom. The second-order valence-corrected chi connectivity index (χ2v) is 2.78. The number of nitrogens with zero attached hydrogens (tertiary/aromatic N) is 1. The second-order valence-electron chi connectivity index (χ2n) is 1.55. The molecule has 11 heavy (non-hydrogen) atoms. The van der Waals surface area contributed by atoms with Gasteiger partial charge in [0.1, 0.15) is 4.88 Å². The van der Waals surface area contributed by atoms with Crippen LogP contribution in [0.15, 0.2) is 6.20 Å². The van der Waals surface area contributed by atoms with E-state index in [1.807, 2.05) is 0 Å². The molecule has 1 heterocycles. The molecule has 0 aliphatic heterocycles. The Bertz CT molecular complexity index is 238. The van der Waals surface area contributed by atoms with Gasteiger partial charge in [-0.15, -0.1) is 36.2 Å². The van der Waals surface area contributed by atoms with Gasteiger partial charge < -0.3 is 5.11 Å². The molecule has 0 saturated carbocycles. The number of carboxylic acid groups (broad SMARTS) is 1. The summed E-state index contributed by atoms with van der Waals surface area (Å²) < 4.78 is 0. The lowest BCUT2D eigenvalue weighted by Gasteiger charge is -1.78. The third-order valence-electron chi connectivity index (χ3n) is 0.832. The maximum atomic E-state index is 10.2. The SMILES string of the molecule is Cc1ncc(C(=O)O)s1.Cl.Cl. The number of carboxylic acids is 1. The Labute approximate surface area is 80.3 Å². The molecule has 0 aliphatic rings. The molecule has 1 N–H and O–H groups in total. The van der Waals surface area contributed by atoms with E-state index < -0.39 is 5.97 Å². The molecular formula is C5H7Cl2NO2S. The number of aryl methyl sites for hydroxylation is 1. The third-order valence-corrected chi connectivity index (χ3v) is 1.73. The average molecular weight is 216 g/mol. The van der Waals surface area contributed by atoms with Crippen LogP contribution in [-0.2, 0) is 0 Å². The van der Waals surface area contributed by atoms with Crippen LogP contribution in [0.5, 0.6) is 0 Å². The van der Waals surface area contributed by atoms with Crippen LogP contribution in [0.1, 0.15) is 14.7 Å². The summed E-state index contributed by atoms with van der Waals surface area (Å²) in [6, 6.07) is 0. The number of aromatic carboxylic acids is 1. The molecule has 0 aliphatic carbocycles. The number of hydrogen-bond acceptors (Lipinski definition) is 3. The highest BCUT2D eigenvalue weighted by atomic mass is 35.5. The highest BCUT2D eigenvalue weighted by Gasteiger charge is 2.04. The first-order chi connectivity index (χ1) is 4.20. The Morgan fingerprint density at radius 1 is 1.64 bits per heavy atom. The maximum Gasteiger partial charge on any atom is 0.347 e. The summed E-state index contributed by atoms with van der Waals surface area (Å²) in [5.74, 6) is -0.902. The van der Waals surface area contributed by atoms with Gasteiger partial charge in [0.2, 0.25) is 0 Å². The van der Waals surface area contributed by atoms with Crippen LogP contribution >= 0.6 is 36.2 Å². The van der Waals surface area contributed by atoms with Crippen LogP contribution in [0.4, 0.5) is 0 Å². The number of rotatable bonds is 1. The molecule has 0 aromatic carbocycles. The second kappa shape index (κ2) is 5.35. The molecule has 0 atom stereocenters. The van der Waals surface area contributed by atoms with E-state index in [2.05, 4.69) is 4.98 Å². The molecule has 0 bridgehead atoms. The van der Waals surface area contributed by atoms with Gasteiger partial charge >= 0.3 is 5.97 Å². The summed E-state index contributed by atoms with van der Waals surface area (Å²) in [7, 11) is 0. The summed E-state index contributed by atoms with van der Waals surface area (Å²) in [5.41, 5.74) is 0. The first kappa shape index (κ1) is 13.3. The largest absolute Gasteiger partial charge is 0.477 e. The molecule has 0 spiro atoms. The van der Waals surface area contributed by atoms with E-state index in [4.69, 9.17) is 5.11 Å². The van der Waals surface area contributed by atoms with Gasteiger partial charge in [-0.1, -0.05) is 0 Å². The minimum absolute atomic E-state index is 0. The third kappa shape index (κ3) is 3.55. The van der Waals surface area contributed by atoms with E-state index in [-0.39, 0.29) is 24.8 Å². The van der Waals surface area contributed by atoms with Crippen molar-refractivity contribution in [3.05, 3.63) is 16.1 Å². The summed E-state index contributed by atoms with van der Waals surface area (Å²) in [6.07, 6.45) is 1.36.